The lowest BCUT2D eigenvalue weighted by atomic mass is 10.4. The van der Waals surface area contributed by atoms with Gasteiger partial charge >= 0.3 is 0 Å². The quantitative estimate of drug-likeness (QED) is 0.674. The molecule has 0 aliphatic carbocycles. The number of likely N-dealkylation sites (tertiary alicyclic amines) is 1. The minimum Gasteiger partial charge on any atom is -0.357 e. The van der Waals surface area contributed by atoms with Crippen LogP contribution in [0.3, 0.4) is 0 Å². The summed E-state index contributed by atoms with van der Waals surface area (Å²) in [6.45, 7) is 10.2. The SMILES string of the molecule is CCNC(=NCc1sc(C)nc1C)N1CCCC1. The fourth-order valence-electron chi connectivity index (χ4n) is 2.22. The molecule has 0 atom stereocenters. The van der Waals surface area contributed by atoms with E-state index in [1.807, 2.05) is 0 Å². The number of thiazole rings is 1. The normalized spacial score (nSPS) is 16.4. The van der Waals surface area contributed by atoms with Crippen molar-refractivity contribution in [2.24, 2.45) is 4.99 Å². The molecule has 1 N–H and O–H groups in total. The molecule has 5 heteroatoms. The van der Waals surface area contributed by atoms with E-state index in [4.69, 9.17) is 4.99 Å². The molecule has 4 nitrogen and oxygen atoms in total. The van der Waals surface area contributed by atoms with Gasteiger partial charge in [-0.2, -0.15) is 0 Å². The Labute approximate surface area is 113 Å². The van der Waals surface area contributed by atoms with Gasteiger partial charge in [0.2, 0.25) is 0 Å². The minimum atomic E-state index is 0.746. The van der Waals surface area contributed by atoms with Gasteiger partial charge in [0.25, 0.3) is 0 Å². The standard InChI is InChI=1S/C13H22N4S/c1-4-14-13(17-7-5-6-8-17)15-9-12-10(2)16-11(3)18-12/h4-9H2,1-3H3,(H,14,15). The van der Waals surface area contributed by atoms with Crippen molar-refractivity contribution in [3.05, 3.63) is 15.6 Å². The van der Waals surface area contributed by atoms with Gasteiger partial charge in [0.15, 0.2) is 5.96 Å². The predicted octanol–water partition coefficient (Wildman–Crippen LogP) is 2.32. The van der Waals surface area contributed by atoms with Crippen molar-refractivity contribution in [2.75, 3.05) is 19.6 Å². The smallest absolute Gasteiger partial charge is 0.194 e. The van der Waals surface area contributed by atoms with Crippen molar-refractivity contribution in [2.45, 2.75) is 40.2 Å². The first-order valence-electron chi connectivity index (χ1n) is 6.67. The molecule has 1 aromatic rings. The topological polar surface area (TPSA) is 40.5 Å². The lowest BCUT2D eigenvalue weighted by Gasteiger charge is -2.20. The predicted molar refractivity (Wildman–Crippen MR) is 77.2 cm³/mol. The van der Waals surface area contributed by atoms with Crippen LogP contribution in [0.1, 0.15) is 35.3 Å². The molecule has 1 aliphatic heterocycles. The second-order valence-electron chi connectivity index (χ2n) is 4.61. The van der Waals surface area contributed by atoms with Gasteiger partial charge in [0, 0.05) is 24.5 Å². The van der Waals surface area contributed by atoms with Crippen molar-refractivity contribution in [3.8, 4) is 0 Å². The lowest BCUT2D eigenvalue weighted by molar-refractivity contribution is 0.494. The van der Waals surface area contributed by atoms with Crippen LogP contribution in [0.4, 0.5) is 0 Å². The van der Waals surface area contributed by atoms with Crippen LogP contribution >= 0.6 is 11.3 Å². The van der Waals surface area contributed by atoms with Crippen molar-refractivity contribution in [1.82, 2.24) is 15.2 Å². The van der Waals surface area contributed by atoms with Gasteiger partial charge in [-0.05, 0) is 33.6 Å². The zero-order chi connectivity index (χ0) is 13.0. The van der Waals surface area contributed by atoms with E-state index < -0.39 is 0 Å². The Morgan fingerprint density at radius 3 is 2.67 bits per heavy atom. The summed E-state index contributed by atoms with van der Waals surface area (Å²) in [7, 11) is 0. The summed E-state index contributed by atoms with van der Waals surface area (Å²) < 4.78 is 0. The van der Waals surface area contributed by atoms with E-state index in [9.17, 15) is 0 Å². The molecular formula is C13H22N4S. The number of aryl methyl sites for hydroxylation is 2. The first-order valence-corrected chi connectivity index (χ1v) is 7.48. The molecule has 2 rings (SSSR count). The Morgan fingerprint density at radius 1 is 1.39 bits per heavy atom. The number of aromatic nitrogens is 1. The molecule has 1 aromatic heterocycles. The highest BCUT2D eigenvalue weighted by Gasteiger charge is 2.15. The third-order valence-corrected chi connectivity index (χ3v) is 4.17. The number of aliphatic imine (C=N–C) groups is 1. The lowest BCUT2D eigenvalue weighted by Crippen LogP contribution is -2.39. The Hall–Kier alpha value is -1.10. The van der Waals surface area contributed by atoms with Gasteiger partial charge in [-0.1, -0.05) is 0 Å². The minimum absolute atomic E-state index is 0.746. The van der Waals surface area contributed by atoms with Crippen molar-refractivity contribution in [1.29, 1.82) is 0 Å². The van der Waals surface area contributed by atoms with E-state index in [1.54, 1.807) is 11.3 Å². The molecule has 1 fully saturated rings. The largest absolute Gasteiger partial charge is 0.357 e. The molecule has 0 aromatic carbocycles. The molecule has 18 heavy (non-hydrogen) atoms. The van der Waals surface area contributed by atoms with Crippen LogP contribution in [0, 0.1) is 13.8 Å². The Bertz CT molecular complexity index is 419. The zero-order valence-corrected chi connectivity index (χ0v) is 12.3. The maximum absolute atomic E-state index is 4.74. The molecular weight excluding hydrogens is 244 g/mol. The number of nitrogens with zero attached hydrogens (tertiary/aromatic N) is 3. The molecule has 0 amide bonds. The van der Waals surface area contributed by atoms with Crippen LogP contribution in [0.2, 0.25) is 0 Å². The molecule has 2 heterocycles. The monoisotopic (exact) mass is 266 g/mol. The average Bonchev–Trinajstić information content (AvgIpc) is 2.95. The molecule has 0 saturated carbocycles. The summed E-state index contributed by atoms with van der Waals surface area (Å²) in [4.78, 5) is 12.8. The molecule has 0 unspecified atom stereocenters. The van der Waals surface area contributed by atoms with Gasteiger partial charge in [-0.25, -0.2) is 9.98 Å². The van der Waals surface area contributed by atoms with Crippen molar-refractivity contribution in [3.63, 3.8) is 0 Å². The Morgan fingerprint density at radius 2 is 2.11 bits per heavy atom. The second kappa shape index (κ2) is 6.18. The third-order valence-electron chi connectivity index (χ3n) is 3.11. The van der Waals surface area contributed by atoms with Crippen LogP contribution in [0.15, 0.2) is 4.99 Å². The number of hydrogen-bond donors (Lipinski definition) is 1. The summed E-state index contributed by atoms with van der Waals surface area (Å²) >= 11 is 1.75. The van der Waals surface area contributed by atoms with E-state index in [2.05, 4.69) is 36.0 Å². The van der Waals surface area contributed by atoms with Crippen LogP contribution in [0.25, 0.3) is 0 Å². The molecule has 0 radical (unpaired) electrons. The van der Waals surface area contributed by atoms with E-state index in [0.29, 0.717) is 0 Å². The number of nitrogens with one attached hydrogen (secondary N) is 1. The number of hydrogen-bond acceptors (Lipinski definition) is 3. The van der Waals surface area contributed by atoms with Gasteiger partial charge < -0.3 is 10.2 Å². The Balaban J connectivity index is 2.05. The van der Waals surface area contributed by atoms with Gasteiger partial charge in [0.1, 0.15) is 0 Å². The maximum Gasteiger partial charge on any atom is 0.194 e. The van der Waals surface area contributed by atoms with Crippen LogP contribution < -0.4 is 5.32 Å². The summed E-state index contributed by atoms with van der Waals surface area (Å²) in [5, 5.41) is 4.51. The first kappa shape index (κ1) is 13.3. The summed E-state index contributed by atoms with van der Waals surface area (Å²) in [6.07, 6.45) is 2.56. The molecule has 100 valence electrons. The highest BCUT2D eigenvalue weighted by molar-refractivity contribution is 7.11. The van der Waals surface area contributed by atoms with Crippen LogP contribution in [-0.2, 0) is 6.54 Å². The summed E-state index contributed by atoms with van der Waals surface area (Å²) in [5.41, 5.74) is 1.12. The van der Waals surface area contributed by atoms with Crippen molar-refractivity contribution >= 4 is 17.3 Å². The Kier molecular flexibility index (Phi) is 4.58. The molecule has 1 aliphatic rings. The number of rotatable bonds is 3. The average molecular weight is 266 g/mol. The highest BCUT2D eigenvalue weighted by Crippen LogP contribution is 2.18. The van der Waals surface area contributed by atoms with E-state index >= 15 is 0 Å². The first-order chi connectivity index (χ1) is 8.70. The second-order valence-corrected chi connectivity index (χ2v) is 5.89. The van der Waals surface area contributed by atoms with Crippen LogP contribution in [-0.4, -0.2) is 35.5 Å². The van der Waals surface area contributed by atoms with E-state index in [-0.39, 0.29) is 0 Å². The number of guanidine groups is 1. The van der Waals surface area contributed by atoms with Gasteiger partial charge in [-0.15, -0.1) is 11.3 Å². The third kappa shape index (κ3) is 3.22. The van der Waals surface area contributed by atoms with Gasteiger partial charge in [0.05, 0.1) is 17.2 Å². The molecule has 1 saturated heterocycles. The molecule has 0 bridgehead atoms. The summed E-state index contributed by atoms with van der Waals surface area (Å²) in [5.74, 6) is 1.06. The zero-order valence-electron chi connectivity index (χ0n) is 11.5. The molecule has 0 spiro atoms. The van der Waals surface area contributed by atoms with Gasteiger partial charge in [-0.3, -0.25) is 0 Å². The van der Waals surface area contributed by atoms with Crippen LogP contribution in [0.5, 0.6) is 0 Å². The van der Waals surface area contributed by atoms with Crippen molar-refractivity contribution < 1.29 is 0 Å². The van der Waals surface area contributed by atoms with E-state index in [0.717, 1.165) is 42.8 Å². The maximum atomic E-state index is 4.74. The fraction of sp³-hybridized carbons (Fsp3) is 0.692. The van der Waals surface area contributed by atoms with E-state index in [1.165, 1.54) is 17.7 Å². The fourth-order valence-corrected chi connectivity index (χ4v) is 3.08. The highest BCUT2D eigenvalue weighted by atomic mass is 32.1. The summed E-state index contributed by atoms with van der Waals surface area (Å²) in [6, 6.07) is 0.